The second-order valence-corrected chi connectivity index (χ2v) is 9.18. The summed E-state index contributed by atoms with van der Waals surface area (Å²) >= 11 is 1.10. The molecule has 10 nitrogen and oxygen atoms in total. The Morgan fingerprint density at radius 3 is 2.44 bits per heavy atom. The molecule has 11 heteroatoms. The third kappa shape index (κ3) is 3.62. The predicted octanol–water partition coefficient (Wildman–Crippen LogP) is 3.63. The van der Waals surface area contributed by atoms with Crippen molar-refractivity contribution in [3.05, 3.63) is 94.3 Å². The molecule has 0 saturated heterocycles. The van der Waals surface area contributed by atoms with Crippen LogP contribution in [-0.4, -0.2) is 47.6 Å². The maximum atomic E-state index is 12.9. The van der Waals surface area contributed by atoms with Gasteiger partial charge in [0, 0.05) is 5.39 Å². The van der Waals surface area contributed by atoms with Gasteiger partial charge in [0.05, 0.1) is 40.6 Å². The second kappa shape index (κ2) is 8.47. The number of hydrogen-bond donors (Lipinski definition) is 1. The molecule has 0 atom stereocenters. The topological polar surface area (TPSA) is 123 Å². The molecule has 36 heavy (non-hydrogen) atoms. The Morgan fingerprint density at radius 1 is 0.944 bits per heavy atom. The number of hydrogen-bond acceptors (Lipinski definition) is 8. The minimum absolute atomic E-state index is 0.0233. The van der Waals surface area contributed by atoms with Crippen molar-refractivity contribution in [1.29, 1.82) is 0 Å². The first kappa shape index (κ1) is 21.7. The van der Waals surface area contributed by atoms with Crippen molar-refractivity contribution >= 4 is 45.1 Å². The molecule has 1 N–H and O–H groups in total. The van der Waals surface area contributed by atoms with Gasteiger partial charge in [0.2, 0.25) is 5.13 Å². The van der Waals surface area contributed by atoms with Crippen molar-refractivity contribution in [2.75, 3.05) is 5.32 Å². The first-order valence-electron chi connectivity index (χ1n) is 11.0. The Hall–Kier alpha value is -4.77. The summed E-state index contributed by atoms with van der Waals surface area (Å²) in [7, 11) is 0. The number of amides is 3. The summed E-state index contributed by atoms with van der Waals surface area (Å²) in [5.74, 6) is -0.546. The molecule has 5 aromatic rings. The molecule has 1 aliphatic heterocycles. The van der Waals surface area contributed by atoms with Crippen LogP contribution in [0, 0.1) is 6.92 Å². The minimum Gasteiger partial charge on any atom is -0.296 e. The van der Waals surface area contributed by atoms with E-state index in [-0.39, 0.29) is 23.5 Å². The molecule has 2 aromatic carbocycles. The number of fused-ring (bicyclic) bond motifs is 2. The standard InChI is InChI=1S/C25H17N7O3S/c1-14-18(12-26-32(14)20-11-10-15-6-2-5-9-19(15)27-20)22(33)28-25-30-29-21(36-25)13-31-23(34)16-7-3-4-8-17(16)24(31)35/h2-12H,13H2,1H3,(H,28,30,33). The van der Waals surface area contributed by atoms with E-state index < -0.39 is 5.91 Å². The molecule has 0 radical (unpaired) electrons. The minimum atomic E-state index is -0.400. The summed E-state index contributed by atoms with van der Waals surface area (Å²) in [5.41, 5.74) is 2.55. The first-order valence-corrected chi connectivity index (χ1v) is 11.8. The number of imide groups is 1. The van der Waals surface area contributed by atoms with Gasteiger partial charge in [0.25, 0.3) is 17.7 Å². The highest BCUT2D eigenvalue weighted by molar-refractivity contribution is 7.15. The fourth-order valence-corrected chi connectivity index (χ4v) is 4.81. The largest absolute Gasteiger partial charge is 0.296 e. The van der Waals surface area contributed by atoms with Crippen LogP contribution in [0.15, 0.2) is 66.9 Å². The van der Waals surface area contributed by atoms with Gasteiger partial charge in [-0.05, 0) is 37.3 Å². The van der Waals surface area contributed by atoms with E-state index in [1.807, 2.05) is 36.4 Å². The molecule has 0 aliphatic carbocycles. The normalized spacial score (nSPS) is 12.9. The van der Waals surface area contributed by atoms with Crippen molar-refractivity contribution in [3.63, 3.8) is 0 Å². The lowest BCUT2D eigenvalue weighted by molar-refractivity contribution is 0.0641. The number of rotatable bonds is 5. The van der Waals surface area contributed by atoms with Gasteiger partial charge in [-0.15, -0.1) is 10.2 Å². The molecular weight excluding hydrogens is 478 g/mol. The number of nitrogens with zero attached hydrogens (tertiary/aromatic N) is 6. The number of carbonyl (C=O) groups excluding carboxylic acids is 3. The van der Waals surface area contributed by atoms with E-state index in [9.17, 15) is 14.4 Å². The van der Waals surface area contributed by atoms with Crippen LogP contribution < -0.4 is 5.32 Å². The highest BCUT2D eigenvalue weighted by Crippen LogP contribution is 2.26. The Kier molecular flexibility index (Phi) is 5.11. The number of aromatic nitrogens is 5. The monoisotopic (exact) mass is 495 g/mol. The molecule has 0 saturated carbocycles. The number of anilines is 1. The van der Waals surface area contributed by atoms with Crippen LogP contribution >= 0.6 is 11.3 Å². The molecule has 6 rings (SSSR count). The van der Waals surface area contributed by atoms with E-state index in [0.29, 0.717) is 33.2 Å². The zero-order valence-electron chi connectivity index (χ0n) is 18.9. The van der Waals surface area contributed by atoms with Gasteiger partial charge in [0.15, 0.2) is 5.82 Å². The Morgan fingerprint density at radius 2 is 1.67 bits per heavy atom. The zero-order valence-corrected chi connectivity index (χ0v) is 19.7. The van der Waals surface area contributed by atoms with E-state index in [2.05, 4.69) is 25.6 Å². The number of carbonyl (C=O) groups is 3. The zero-order chi connectivity index (χ0) is 24.8. The summed E-state index contributed by atoms with van der Waals surface area (Å²) in [6.45, 7) is 1.76. The SMILES string of the molecule is Cc1c(C(=O)Nc2nnc(CN3C(=O)c4ccccc4C3=O)s2)cnn1-c1ccc2ccccc2n1. The number of nitrogens with one attached hydrogen (secondary N) is 1. The van der Waals surface area contributed by atoms with Gasteiger partial charge in [-0.2, -0.15) is 5.10 Å². The van der Waals surface area contributed by atoms with E-state index >= 15 is 0 Å². The molecular formula is C25H17N7O3S. The van der Waals surface area contributed by atoms with Gasteiger partial charge in [0.1, 0.15) is 5.01 Å². The molecule has 0 unspecified atom stereocenters. The maximum absolute atomic E-state index is 12.9. The molecule has 0 fully saturated rings. The molecule has 0 spiro atoms. The lowest BCUT2D eigenvalue weighted by atomic mass is 10.1. The maximum Gasteiger partial charge on any atom is 0.261 e. The second-order valence-electron chi connectivity index (χ2n) is 8.11. The summed E-state index contributed by atoms with van der Waals surface area (Å²) in [4.78, 5) is 43.9. The number of benzene rings is 2. The van der Waals surface area contributed by atoms with Crippen LogP contribution in [0.3, 0.4) is 0 Å². The average Bonchev–Trinajstić information content (AvgIpc) is 3.57. The Bertz CT molecular complexity index is 1660. The molecule has 0 bridgehead atoms. The van der Waals surface area contributed by atoms with Crippen molar-refractivity contribution in [3.8, 4) is 5.82 Å². The summed E-state index contributed by atoms with van der Waals surface area (Å²) in [6, 6.07) is 18.2. The van der Waals surface area contributed by atoms with Gasteiger partial charge in [-0.25, -0.2) is 9.67 Å². The smallest absolute Gasteiger partial charge is 0.261 e. The number of para-hydroxylation sites is 1. The molecule has 4 heterocycles. The predicted molar refractivity (Wildman–Crippen MR) is 132 cm³/mol. The van der Waals surface area contributed by atoms with E-state index in [4.69, 9.17) is 0 Å². The highest BCUT2D eigenvalue weighted by Gasteiger charge is 2.35. The van der Waals surface area contributed by atoms with Gasteiger partial charge < -0.3 is 0 Å². The summed E-state index contributed by atoms with van der Waals surface area (Å²) in [5, 5.41) is 16.8. The van der Waals surface area contributed by atoms with Gasteiger partial charge in [-0.1, -0.05) is 41.7 Å². The van der Waals surface area contributed by atoms with Crippen molar-refractivity contribution < 1.29 is 14.4 Å². The van der Waals surface area contributed by atoms with E-state index in [0.717, 1.165) is 27.1 Å². The molecule has 3 amide bonds. The Labute approximate surface area is 208 Å². The lowest BCUT2D eigenvalue weighted by Crippen LogP contribution is -2.29. The molecule has 3 aromatic heterocycles. The third-order valence-electron chi connectivity index (χ3n) is 5.91. The van der Waals surface area contributed by atoms with Crippen LogP contribution in [0.4, 0.5) is 5.13 Å². The van der Waals surface area contributed by atoms with Crippen molar-refractivity contribution in [2.24, 2.45) is 0 Å². The highest BCUT2D eigenvalue weighted by atomic mass is 32.1. The van der Waals surface area contributed by atoms with Gasteiger partial charge in [-0.3, -0.25) is 24.6 Å². The van der Waals surface area contributed by atoms with Crippen LogP contribution in [0.1, 0.15) is 41.8 Å². The summed E-state index contributed by atoms with van der Waals surface area (Å²) < 4.78 is 1.61. The van der Waals surface area contributed by atoms with E-state index in [1.165, 1.54) is 6.20 Å². The van der Waals surface area contributed by atoms with Crippen LogP contribution in [0.25, 0.3) is 16.7 Å². The fraction of sp³-hybridized carbons (Fsp3) is 0.0800. The summed E-state index contributed by atoms with van der Waals surface area (Å²) in [6.07, 6.45) is 1.47. The van der Waals surface area contributed by atoms with Gasteiger partial charge >= 0.3 is 0 Å². The molecule has 1 aliphatic rings. The lowest BCUT2D eigenvalue weighted by Gasteiger charge is -2.10. The van der Waals surface area contributed by atoms with Crippen LogP contribution in [-0.2, 0) is 6.54 Å². The Balaban J connectivity index is 1.18. The van der Waals surface area contributed by atoms with Crippen LogP contribution in [0.5, 0.6) is 0 Å². The number of pyridine rings is 1. The molecule has 176 valence electrons. The average molecular weight is 496 g/mol. The first-order chi connectivity index (χ1) is 17.5. The van der Waals surface area contributed by atoms with Crippen molar-refractivity contribution in [1.82, 2.24) is 29.9 Å². The van der Waals surface area contributed by atoms with Crippen molar-refractivity contribution in [2.45, 2.75) is 13.5 Å². The fourth-order valence-electron chi connectivity index (χ4n) is 4.09. The quantitative estimate of drug-likeness (QED) is 0.369. The van der Waals surface area contributed by atoms with Crippen LogP contribution in [0.2, 0.25) is 0 Å². The van der Waals surface area contributed by atoms with E-state index in [1.54, 1.807) is 35.9 Å². The third-order valence-corrected chi connectivity index (χ3v) is 6.74.